The summed E-state index contributed by atoms with van der Waals surface area (Å²) in [5, 5.41) is 0. The quantitative estimate of drug-likeness (QED) is 0.836. The number of hydrogen-bond donors (Lipinski definition) is 1. The molecule has 0 amide bonds. The molecule has 0 fully saturated rings. The van der Waals surface area contributed by atoms with Gasteiger partial charge in [-0.25, -0.2) is 4.98 Å². The molecule has 0 radical (unpaired) electrons. The number of aromatic nitrogens is 1. The SMILES string of the molecule is C=C/C=C(\N)c1ccc(/C(C=C)=C/C)c2ncsc12. The number of nitrogens with two attached hydrogens (primary N) is 1. The van der Waals surface area contributed by atoms with Gasteiger partial charge in [-0.1, -0.05) is 43.5 Å². The topological polar surface area (TPSA) is 38.9 Å². The molecule has 2 rings (SSSR count). The molecule has 96 valence electrons. The van der Waals surface area contributed by atoms with Crippen LogP contribution in [-0.4, -0.2) is 4.98 Å². The molecule has 0 bridgehead atoms. The van der Waals surface area contributed by atoms with Crippen molar-refractivity contribution in [3.05, 3.63) is 66.2 Å². The fraction of sp³-hybridized carbons (Fsp3) is 0.0625. The Hall–Kier alpha value is -2.13. The number of allylic oxidation sites excluding steroid dienone is 5. The van der Waals surface area contributed by atoms with Gasteiger partial charge in [-0.3, -0.25) is 0 Å². The van der Waals surface area contributed by atoms with Crippen molar-refractivity contribution in [1.29, 1.82) is 0 Å². The molecule has 0 aliphatic carbocycles. The van der Waals surface area contributed by atoms with Crippen LogP contribution in [-0.2, 0) is 0 Å². The predicted octanol–water partition coefficient (Wildman–Crippen LogP) is 4.37. The maximum Gasteiger partial charge on any atom is 0.0897 e. The van der Waals surface area contributed by atoms with E-state index >= 15 is 0 Å². The summed E-state index contributed by atoms with van der Waals surface area (Å²) in [5.74, 6) is 0. The van der Waals surface area contributed by atoms with Crippen LogP contribution in [0.2, 0.25) is 0 Å². The zero-order valence-electron chi connectivity index (χ0n) is 10.9. The molecular weight excluding hydrogens is 252 g/mol. The summed E-state index contributed by atoms with van der Waals surface area (Å²) in [5.41, 5.74) is 12.7. The van der Waals surface area contributed by atoms with E-state index in [-0.39, 0.29) is 0 Å². The molecule has 0 aliphatic rings. The maximum atomic E-state index is 6.06. The minimum Gasteiger partial charge on any atom is -0.398 e. The average molecular weight is 268 g/mol. The van der Waals surface area contributed by atoms with E-state index in [4.69, 9.17) is 5.73 Å². The van der Waals surface area contributed by atoms with E-state index in [9.17, 15) is 0 Å². The third kappa shape index (κ3) is 2.37. The van der Waals surface area contributed by atoms with E-state index in [1.54, 1.807) is 23.5 Å². The molecule has 3 heteroatoms. The minimum absolute atomic E-state index is 0.705. The molecule has 1 heterocycles. The molecule has 1 aromatic carbocycles. The van der Waals surface area contributed by atoms with Crippen LogP contribution in [0.3, 0.4) is 0 Å². The van der Waals surface area contributed by atoms with E-state index in [1.807, 2.05) is 36.7 Å². The van der Waals surface area contributed by atoms with Crippen molar-refractivity contribution in [2.45, 2.75) is 6.92 Å². The molecule has 0 saturated carbocycles. The number of nitrogens with zero attached hydrogens (tertiary/aromatic N) is 1. The zero-order valence-corrected chi connectivity index (χ0v) is 11.7. The highest BCUT2D eigenvalue weighted by atomic mass is 32.1. The highest BCUT2D eigenvalue weighted by Gasteiger charge is 2.11. The molecular formula is C16H16N2S. The second kappa shape index (κ2) is 5.67. The molecule has 2 N–H and O–H groups in total. The van der Waals surface area contributed by atoms with Crippen molar-refractivity contribution in [3.8, 4) is 0 Å². The van der Waals surface area contributed by atoms with Gasteiger partial charge in [0.05, 0.1) is 15.7 Å². The van der Waals surface area contributed by atoms with Gasteiger partial charge in [0.15, 0.2) is 0 Å². The van der Waals surface area contributed by atoms with Crippen LogP contribution in [0.25, 0.3) is 21.5 Å². The first-order valence-corrected chi connectivity index (χ1v) is 6.84. The van der Waals surface area contributed by atoms with Gasteiger partial charge in [-0.2, -0.15) is 0 Å². The van der Waals surface area contributed by atoms with Crippen LogP contribution in [0.15, 0.2) is 55.1 Å². The zero-order chi connectivity index (χ0) is 13.8. The Bertz CT molecular complexity index is 690. The molecule has 2 aromatic rings. The second-order valence-electron chi connectivity index (χ2n) is 4.00. The molecule has 0 atom stereocenters. The number of hydrogen-bond acceptors (Lipinski definition) is 3. The van der Waals surface area contributed by atoms with Crippen molar-refractivity contribution >= 4 is 32.8 Å². The first-order chi connectivity index (χ1) is 9.22. The van der Waals surface area contributed by atoms with Crippen LogP contribution < -0.4 is 5.73 Å². The van der Waals surface area contributed by atoms with Crippen LogP contribution in [0, 0.1) is 0 Å². The van der Waals surface area contributed by atoms with E-state index < -0.39 is 0 Å². The molecule has 1 aromatic heterocycles. The molecule has 0 spiro atoms. The molecule has 2 nitrogen and oxygen atoms in total. The van der Waals surface area contributed by atoms with Crippen LogP contribution in [0.1, 0.15) is 18.1 Å². The Morgan fingerprint density at radius 1 is 1.32 bits per heavy atom. The Morgan fingerprint density at radius 2 is 2.05 bits per heavy atom. The summed E-state index contributed by atoms with van der Waals surface area (Å²) in [6.45, 7) is 9.51. The summed E-state index contributed by atoms with van der Waals surface area (Å²) in [6, 6.07) is 4.07. The van der Waals surface area contributed by atoms with Gasteiger partial charge >= 0.3 is 0 Å². The van der Waals surface area contributed by atoms with Crippen LogP contribution >= 0.6 is 11.3 Å². The fourth-order valence-corrected chi connectivity index (χ4v) is 2.86. The largest absolute Gasteiger partial charge is 0.398 e. The predicted molar refractivity (Wildman–Crippen MR) is 85.8 cm³/mol. The highest BCUT2D eigenvalue weighted by molar-refractivity contribution is 7.17. The monoisotopic (exact) mass is 268 g/mol. The van der Waals surface area contributed by atoms with Crippen molar-refractivity contribution < 1.29 is 0 Å². The second-order valence-corrected chi connectivity index (χ2v) is 4.85. The van der Waals surface area contributed by atoms with Gasteiger partial charge in [-0.05, 0) is 18.6 Å². The summed E-state index contributed by atoms with van der Waals surface area (Å²) in [7, 11) is 0. The summed E-state index contributed by atoms with van der Waals surface area (Å²) in [4.78, 5) is 4.46. The summed E-state index contributed by atoms with van der Waals surface area (Å²) in [6.07, 6.45) is 7.37. The van der Waals surface area contributed by atoms with E-state index in [0.29, 0.717) is 5.70 Å². The lowest BCUT2D eigenvalue weighted by molar-refractivity contribution is 1.46. The van der Waals surface area contributed by atoms with E-state index in [1.165, 1.54) is 0 Å². The lowest BCUT2D eigenvalue weighted by atomic mass is 10.0. The third-order valence-electron chi connectivity index (χ3n) is 2.93. The van der Waals surface area contributed by atoms with Gasteiger partial charge in [-0.15, -0.1) is 11.3 Å². The van der Waals surface area contributed by atoms with Gasteiger partial charge in [0.1, 0.15) is 0 Å². The molecule has 0 aliphatic heterocycles. The smallest absolute Gasteiger partial charge is 0.0897 e. The van der Waals surface area contributed by atoms with Crippen LogP contribution in [0.4, 0.5) is 0 Å². The third-order valence-corrected chi connectivity index (χ3v) is 3.79. The van der Waals surface area contributed by atoms with E-state index in [2.05, 4.69) is 18.1 Å². The Morgan fingerprint density at radius 3 is 2.68 bits per heavy atom. The molecule has 0 saturated heterocycles. The Balaban J connectivity index is 2.72. The molecule has 19 heavy (non-hydrogen) atoms. The Labute approximate surface area is 117 Å². The minimum atomic E-state index is 0.705. The normalized spacial score (nSPS) is 12.7. The van der Waals surface area contributed by atoms with E-state index in [0.717, 1.165) is 26.9 Å². The lowest BCUT2D eigenvalue weighted by Gasteiger charge is -2.07. The maximum absolute atomic E-state index is 6.06. The van der Waals surface area contributed by atoms with Gasteiger partial charge in [0.25, 0.3) is 0 Å². The highest BCUT2D eigenvalue weighted by Crippen LogP contribution is 2.32. The van der Waals surface area contributed by atoms with Crippen molar-refractivity contribution in [1.82, 2.24) is 4.98 Å². The lowest BCUT2D eigenvalue weighted by Crippen LogP contribution is -1.97. The van der Waals surface area contributed by atoms with Gasteiger partial charge in [0.2, 0.25) is 0 Å². The first-order valence-electron chi connectivity index (χ1n) is 5.96. The van der Waals surface area contributed by atoms with Crippen LogP contribution in [0.5, 0.6) is 0 Å². The first kappa shape index (κ1) is 13.3. The molecule has 0 unspecified atom stereocenters. The average Bonchev–Trinajstić information content (AvgIpc) is 2.89. The Kier molecular flexibility index (Phi) is 3.97. The summed E-state index contributed by atoms with van der Waals surface area (Å²) < 4.78 is 1.09. The van der Waals surface area contributed by atoms with Gasteiger partial charge < -0.3 is 5.73 Å². The fourth-order valence-electron chi connectivity index (χ4n) is 2.01. The number of rotatable bonds is 4. The number of fused-ring (bicyclic) bond motifs is 1. The number of thiazole rings is 1. The van der Waals surface area contributed by atoms with Crippen molar-refractivity contribution in [2.24, 2.45) is 5.73 Å². The van der Waals surface area contributed by atoms with Gasteiger partial charge in [0, 0.05) is 16.8 Å². The standard InChI is InChI=1S/C16H16N2S/c1-4-7-14(17)13-9-8-12(11(5-2)6-3)15-16(13)19-10-18-15/h4-10H,1-2,17H2,3H3/b11-6+,14-7-. The number of benzene rings is 1. The van der Waals surface area contributed by atoms with Crippen molar-refractivity contribution in [3.63, 3.8) is 0 Å². The van der Waals surface area contributed by atoms with Crippen molar-refractivity contribution in [2.75, 3.05) is 0 Å². The summed E-state index contributed by atoms with van der Waals surface area (Å²) >= 11 is 1.59.